The zero-order valence-corrected chi connectivity index (χ0v) is 16.0. The Morgan fingerprint density at radius 3 is 2.59 bits per heavy atom. The van der Waals surface area contributed by atoms with Crippen LogP contribution >= 0.6 is 0 Å². The molecule has 3 aromatic rings. The summed E-state index contributed by atoms with van der Waals surface area (Å²) in [7, 11) is 0. The molecule has 29 heavy (non-hydrogen) atoms. The lowest BCUT2D eigenvalue weighted by atomic mass is 10.1. The lowest BCUT2D eigenvalue weighted by Gasteiger charge is -2.12. The molecule has 0 bridgehead atoms. The van der Waals surface area contributed by atoms with Crippen LogP contribution in [0.15, 0.2) is 66.4 Å². The number of aromatic carboxylic acids is 1. The van der Waals surface area contributed by atoms with E-state index in [4.69, 9.17) is 5.11 Å². The van der Waals surface area contributed by atoms with Crippen LogP contribution in [0, 0.1) is 25.2 Å². The molecule has 0 aliphatic rings. The molecular weight excluding hydrogens is 366 g/mol. The van der Waals surface area contributed by atoms with Crippen LogP contribution in [-0.2, 0) is 4.79 Å². The molecule has 2 N–H and O–H groups in total. The molecule has 0 aliphatic heterocycles. The molecular formula is C23H19N3O3. The third-order valence-electron chi connectivity index (χ3n) is 4.64. The van der Waals surface area contributed by atoms with Crippen LogP contribution < -0.4 is 5.32 Å². The Morgan fingerprint density at radius 2 is 1.86 bits per heavy atom. The fourth-order valence-corrected chi connectivity index (χ4v) is 2.95. The number of amides is 1. The average molecular weight is 385 g/mol. The first kappa shape index (κ1) is 19.6. The van der Waals surface area contributed by atoms with Gasteiger partial charge < -0.3 is 15.0 Å². The quantitative estimate of drug-likeness (QED) is 0.504. The number of hydrogen-bond acceptors (Lipinski definition) is 3. The van der Waals surface area contributed by atoms with Crippen LogP contribution in [0.3, 0.4) is 0 Å². The Labute approximate surface area is 168 Å². The topological polar surface area (TPSA) is 95.1 Å². The number of aromatic nitrogens is 1. The number of benzene rings is 2. The van der Waals surface area contributed by atoms with Crippen molar-refractivity contribution in [1.82, 2.24) is 4.57 Å². The highest BCUT2D eigenvalue weighted by Crippen LogP contribution is 2.22. The van der Waals surface area contributed by atoms with Crippen molar-refractivity contribution in [2.45, 2.75) is 13.8 Å². The monoisotopic (exact) mass is 385 g/mol. The molecule has 0 atom stereocenters. The maximum absolute atomic E-state index is 12.6. The molecule has 144 valence electrons. The van der Waals surface area contributed by atoms with E-state index in [9.17, 15) is 14.9 Å². The number of nitrogens with zero attached hydrogens (tertiary/aromatic N) is 2. The third kappa shape index (κ3) is 4.25. The van der Waals surface area contributed by atoms with Crippen molar-refractivity contribution < 1.29 is 14.7 Å². The van der Waals surface area contributed by atoms with E-state index in [1.807, 2.05) is 61.0 Å². The summed E-state index contributed by atoms with van der Waals surface area (Å²) in [4.78, 5) is 23.6. The Hall–Kier alpha value is -4.11. The number of aryl methyl sites for hydroxylation is 1. The summed E-state index contributed by atoms with van der Waals surface area (Å²) < 4.78 is 1.91. The van der Waals surface area contributed by atoms with E-state index >= 15 is 0 Å². The first-order valence-electron chi connectivity index (χ1n) is 8.91. The number of carbonyl (C=O) groups is 2. The number of rotatable bonds is 5. The van der Waals surface area contributed by atoms with Gasteiger partial charge in [-0.2, -0.15) is 5.26 Å². The predicted octanol–water partition coefficient (Wildman–Crippen LogP) is 4.34. The van der Waals surface area contributed by atoms with Gasteiger partial charge in [0, 0.05) is 23.3 Å². The maximum Gasteiger partial charge on any atom is 0.335 e. The Balaban J connectivity index is 1.92. The second-order valence-electron chi connectivity index (χ2n) is 6.53. The highest BCUT2D eigenvalue weighted by Gasteiger charge is 2.13. The smallest absolute Gasteiger partial charge is 0.335 e. The maximum atomic E-state index is 12.6. The molecule has 2 aromatic carbocycles. The number of hydrogen-bond donors (Lipinski definition) is 2. The summed E-state index contributed by atoms with van der Waals surface area (Å²) in [6.07, 6.45) is 3.38. The van der Waals surface area contributed by atoms with Crippen LogP contribution in [0.2, 0.25) is 0 Å². The zero-order chi connectivity index (χ0) is 21.0. The van der Waals surface area contributed by atoms with E-state index in [-0.39, 0.29) is 11.1 Å². The molecule has 0 unspecified atom stereocenters. The minimum atomic E-state index is -1.09. The van der Waals surface area contributed by atoms with Crippen molar-refractivity contribution in [2.75, 3.05) is 5.32 Å². The summed E-state index contributed by atoms with van der Waals surface area (Å²) in [5.41, 5.74) is 4.17. The molecule has 1 aromatic heterocycles. The summed E-state index contributed by atoms with van der Waals surface area (Å²) in [5, 5.41) is 21.1. The average Bonchev–Trinajstić information content (AvgIpc) is 3.16. The van der Waals surface area contributed by atoms with Crippen molar-refractivity contribution in [3.8, 4) is 11.8 Å². The van der Waals surface area contributed by atoms with Gasteiger partial charge >= 0.3 is 5.97 Å². The Kier molecular flexibility index (Phi) is 5.61. The van der Waals surface area contributed by atoms with Crippen molar-refractivity contribution in [3.05, 3.63) is 88.8 Å². The van der Waals surface area contributed by atoms with Crippen molar-refractivity contribution >= 4 is 23.6 Å². The van der Waals surface area contributed by atoms with E-state index in [2.05, 4.69) is 5.32 Å². The highest BCUT2D eigenvalue weighted by molar-refractivity contribution is 6.09. The first-order chi connectivity index (χ1) is 13.9. The zero-order valence-electron chi connectivity index (χ0n) is 16.0. The van der Waals surface area contributed by atoms with Crippen molar-refractivity contribution in [1.29, 1.82) is 5.26 Å². The molecule has 1 amide bonds. The van der Waals surface area contributed by atoms with Crippen LogP contribution in [0.5, 0.6) is 0 Å². The van der Waals surface area contributed by atoms with Crippen LogP contribution in [0.1, 0.15) is 27.2 Å². The van der Waals surface area contributed by atoms with Crippen LogP contribution in [-0.4, -0.2) is 21.6 Å². The van der Waals surface area contributed by atoms with E-state index in [1.165, 1.54) is 24.3 Å². The van der Waals surface area contributed by atoms with E-state index in [0.29, 0.717) is 11.4 Å². The summed E-state index contributed by atoms with van der Waals surface area (Å²) in [6.45, 7) is 4.04. The number of carboxylic acids is 1. The molecule has 0 aliphatic carbocycles. The molecule has 6 nitrogen and oxygen atoms in total. The SMILES string of the molecule is Cc1cccc(-n2cccc2/C=C(/C#N)C(=O)Nc2cccc(C(=O)O)c2)c1C. The number of nitrogens with one attached hydrogen (secondary N) is 1. The van der Waals surface area contributed by atoms with E-state index in [1.54, 1.807) is 6.07 Å². The van der Waals surface area contributed by atoms with Crippen LogP contribution in [0.4, 0.5) is 5.69 Å². The molecule has 3 rings (SSSR count). The molecule has 6 heteroatoms. The number of anilines is 1. The lowest BCUT2D eigenvalue weighted by Crippen LogP contribution is -2.14. The minimum Gasteiger partial charge on any atom is -0.478 e. The lowest BCUT2D eigenvalue weighted by molar-refractivity contribution is -0.112. The van der Waals surface area contributed by atoms with Gasteiger partial charge in [0.1, 0.15) is 11.6 Å². The largest absolute Gasteiger partial charge is 0.478 e. The van der Waals surface area contributed by atoms with Gasteiger partial charge in [0.15, 0.2) is 0 Å². The standard InChI is InChI=1S/C23H19N3O3/c1-15-6-3-10-21(16(15)2)26-11-5-9-20(26)13-18(14-24)22(27)25-19-8-4-7-17(12-19)23(28)29/h3-13H,1-2H3,(H,25,27)(H,28,29)/b18-13-. The normalized spacial score (nSPS) is 11.0. The molecule has 0 fully saturated rings. The van der Waals surface area contributed by atoms with Crippen molar-refractivity contribution in [3.63, 3.8) is 0 Å². The van der Waals surface area contributed by atoms with E-state index in [0.717, 1.165) is 16.8 Å². The van der Waals surface area contributed by atoms with Gasteiger partial charge in [0.05, 0.1) is 5.56 Å². The Bertz CT molecular complexity index is 1170. The summed E-state index contributed by atoms with van der Waals surface area (Å²) >= 11 is 0. The van der Waals surface area contributed by atoms with Gasteiger partial charge in [-0.25, -0.2) is 4.79 Å². The van der Waals surface area contributed by atoms with Gasteiger partial charge in [0.25, 0.3) is 5.91 Å². The first-order valence-corrected chi connectivity index (χ1v) is 8.91. The van der Waals surface area contributed by atoms with E-state index < -0.39 is 11.9 Å². The number of nitriles is 1. The van der Waals surface area contributed by atoms with Gasteiger partial charge in [-0.05, 0) is 67.4 Å². The van der Waals surface area contributed by atoms with Gasteiger partial charge in [-0.15, -0.1) is 0 Å². The van der Waals surface area contributed by atoms with Gasteiger partial charge in [-0.3, -0.25) is 4.79 Å². The van der Waals surface area contributed by atoms with Crippen molar-refractivity contribution in [2.24, 2.45) is 0 Å². The predicted molar refractivity (Wildman–Crippen MR) is 111 cm³/mol. The fourth-order valence-electron chi connectivity index (χ4n) is 2.95. The molecule has 0 saturated heterocycles. The number of carbonyl (C=O) groups excluding carboxylic acids is 1. The van der Waals surface area contributed by atoms with Gasteiger partial charge in [-0.1, -0.05) is 18.2 Å². The second kappa shape index (κ2) is 8.28. The third-order valence-corrected chi connectivity index (χ3v) is 4.64. The molecule has 0 saturated carbocycles. The van der Waals surface area contributed by atoms with Crippen LogP contribution in [0.25, 0.3) is 11.8 Å². The highest BCUT2D eigenvalue weighted by atomic mass is 16.4. The Morgan fingerprint density at radius 1 is 1.10 bits per heavy atom. The minimum absolute atomic E-state index is 0.0501. The second-order valence-corrected chi connectivity index (χ2v) is 6.53. The molecule has 0 spiro atoms. The fraction of sp³-hybridized carbons (Fsp3) is 0.0870. The summed E-state index contributed by atoms with van der Waals surface area (Å²) in [5.74, 6) is -1.70. The van der Waals surface area contributed by atoms with Gasteiger partial charge in [0.2, 0.25) is 0 Å². The molecule has 0 radical (unpaired) electrons. The number of carboxylic acid groups (broad SMARTS) is 1. The molecule has 1 heterocycles. The summed E-state index contributed by atoms with van der Waals surface area (Å²) in [6, 6.07) is 17.4.